The highest BCUT2D eigenvalue weighted by atomic mass is 16.3. The highest BCUT2D eigenvalue weighted by Gasteiger charge is 2.26. The van der Waals surface area contributed by atoms with Gasteiger partial charge < -0.3 is 19.5 Å². The molecule has 1 aromatic heterocycles. The zero-order valence-electron chi connectivity index (χ0n) is 16.4. The summed E-state index contributed by atoms with van der Waals surface area (Å²) in [6.07, 6.45) is 5.31. The van der Waals surface area contributed by atoms with Crippen LogP contribution in [0.1, 0.15) is 42.3 Å². The Hall–Kier alpha value is -1.37. The maximum absolute atomic E-state index is 12.7. The molecular weight excluding hydrogens is 328 g/mol. The molecule has 0 unspecified atom stereocenters. The summed E-state index contributed by atoms with van der Waals surface area (Å²) in [5, 5.41) is 3.30. The van der Waals surface area contributed by atoms with Gasteiger partial charge in [-0.2, -0.15) is 0 Å². The summed E-state index contributed by atoms with van der Waals surface area (Å²) in [5.41, 5.74) is 0.682. The van der Waals surface area contributed by atoms with E-state index < -0.39 is 0 Å². The molecule has 0 bridgehead atoms. The number of piperazine rings is 1. The van der Waals surface area contributed by atoms with Crippen LogP contribution in [0.25, 0.3) is 0 Å². The first-order chi connectivity index (χ1) is 12.7. The number of nitrogens with zero attached hydrogens (tertiary/aromatic N) is 3. The van der Waals surface area contributed by atoms with Gasteiger partial charge in [0.25, 0.3) is 5.91 Å². The van der Waals surface area contributed by atoms with Crippen LogP contribution in [-0.4, -0.2) is 80.0 Å². The number of rotatable bonds is 7. The molecule has 0 saturated carbocycles. The number of amides is 1. The molecule has 2 fully saturated rings. The van der Waals surface area contributed by atoms with Gasteiger partial charge in [-0.05, 0) is 57.9 Å². The number of carbonyl (C=O) groups excluding carboxylic acids is 1. The standard InChI is InChI=1S/C20H34N4O2/c1-3-6-21-14-19-13-18(16-26-19)20(25)24-11-9-23(10-12-24)15-17-4-7-22(2)8-5-17/h13,16-17,21H,3-12,14-15H2,1-2H3. The zero-order chi connectivity index (χ0) is 18.4. The number of likely N-dealkylation sites (tertiary alicyclic amines) is 1. The van der Waals surface area contributed by atoms with Gasteiger partial charge in [0.05, 0.1) is 12.1 Å². The van der Waals surface area contributed by atoms with Crippen molar-refractivity contribution in [2.75, 3.05) is 59.4 Å². The Morgan fingerprint density at radius 1 is 1.19 bits per heavy atom. The number of hydrogen-bond donors (Lipinski definition) is 1. The van der Waals surface area contributed by atoms with E-state index in [9.17, 15) is 4.79 Å². The third kappa shape index (κ3) is 5.32. The fourth-order valence-electron chi connectivity index (χ4n) is 3.90. The van der Waals surface area contributed by atoms with E-state index in [1.165, 1.54) is 32.5 Å². The van der Waals surface area contributed by atoms with Crippen LogP contribution in [0.3, 0.4) is 0 Å². The molecule has 2 aliphatic rings. The van der Waals surface area contributed by atoms with Crippen molar-refractivity contribution in [2.45, 2.75) is 32.7 Å². The first-order valence-electron chi connectivity index (χ1n) is 10.1. The topological polar surface area (TPSA) is 52.0 Å². The fraction of sp³-hybridized carbons (Fsp3) is 0.750. The molecule has 2 aliphatic heterocycles. The van der Waals surface area contributed by atoms with E-state index in [2.05, 4.69) is 29.1 Å². The van der Waals surface area contributed by atoms with Crippen molar-refractivity contribution in [3.8, 4) is 0 Å². The van der Waals surface area contributed by atoms with Crippen LogP contribution in [0, 0.1) is 5.92 Å². The average molecular weight is 363 g/mol. The summed E-state index contributed by atoms with van der Waals surface area (Å²) in [7, 11) is 2.21. The summed E-state index contributed by atoms with van der Waals surface area (Å²) < 4.78 is 5.53. The van der Waals surface area contributed by atoms with Gasteiger partial charge in [0.2, 0.25) is 0 Å². The van der Waals surface area contributed by atoms with E-state index in [1.54, 1.807) is 6.26 Å². The van der Waals surface area contributed by atoms with Crippen molar-refractivity contribution in [1.82, 2.24) is 20.0 Å². The lowest BCUT2D eigenvalue weighted by Crippen LogP contribution is -2.50. The second-order valence-electron chi connectivity index (χ2n) is 7.82. The van der Waals surface area contributed by atoms with Crippen LogP contribution in [0.2, 0.25) is 0 Å². The molecule has 3 rings (SSSR count). The maximum Gasteiger partial charge on any atom is 0.257 e. The lowest BCUT2D eigenvalue weighted by molar-refractivity contribution is 0.0593. The first kappa shape index (κ1) is 19.4. The summed E-state index contributed by atoms with van der Waals surface area (Å²) in [6.45, 7) is 11.0. The Kier molecular flexibility index (Phi) is 7.11. The number of carbonyl (C=O) groups is 1. The second kappa shape index (κ2) is 9.53. The highest BCUT2D eigenvalue weighted by molar-refractivity contribution is 5.94. The number of hydrogen-bond acceptors (Lipinski definition) is 5. The summed E-state index contributed by atoms with van der Waals surface area (Å²) in [5.74, 6) is 1.76. The average Bonchev–Trinajstić information content (AvgIpc) is 3.13. The van der Waals surface area contributed by atoms with E-state index in [-0.39, 0.29) is 5.91 Å². The van der Waals surface area contributed by atoms with Gasteiger partial charge in [-0.15, -0.1) is 0 Å². The third-order valence-corrected chi connectivity index (χ3v) is 5.64. The molecule has 2 saturated heterocycles. The Morgan fingerprint density at radius 2 is 1.92 bits per heavy atom. The van der Waals surface area contributed by atoms with Crippen molar-refractivity contribution < 1.29 is 9.21 Å². The predicted octanol–water partition coefficient (Wildman–Crippen LogP) is 1.88. The molecule has 1 N–H and O–H groups in total. The lowest BCUT2D eigenvalue weighted by Gasteiger charge is -2.38. The van der Waals surface area contributed by atoms with Crippen molar-refractivity contribution in [3.05, 3.63) is 23.7 Å². The van der Waals surface area contributed by atoms with Gasteiger partial charge >= 0.3 is 0 Å². The number of piperidine rings is 1. The van der Waals surface area contributed by atoms with Gasteiger partial charge in [0.15, 0.2) is 0 Å². The lowest BCUT2D eigenvalue weighted by atomic mass is 9.96. The van der Waals surface area contributed by atoms with Crippen LogP contribution in [0.15, 0.2) is 16.7 Å². The predicted molar refractivity (Wildman–Crippen MR) is 103 cm³/mol. The van der Waals surface area contributed by atoms with Crippen LogP contribution < -0.4 is 5.32 Å². The molecule has 0 atom stereocenters. The van der Waals surface area contributed by atoms with Crippen LogP contribution in [-0.2, 0) is 6.54 Å². The zero-order valence-corrected chi connectivity index (χ0v) is 16.4. The molecule has 3 heterocycles. The molecule has 0 aromatic carbocycles. The molecule has 6 nitrogen and oxygen atoms in total. The third-order valence-electron chi connectivity index (χ3n) is 5.64. The van der Waals surface area contributed by atoms with E-state index in [4.69, 9.17) is 4.42 Å². The van der Waals surface area contributed by atoms with Crippen LogP contribution in [0.5, 0.6) is 0 Å². The van der Waals surface area contributed by atoms with Gasteiger partial charge in [0.1, 0.15) is 12.0 Å². The van der Waals surface area contributed by atoms with Gasteiger partial charge in [-0.3, -0.25) is 9.69 Å². The van der Waals surface area contributed by atoms with Crippen molar-refractivity contribution in [2.24, 2.45) is 5.92 Å². The molecule has 26 heavy (non-hydrogen) atoms. The highest BCUT2D eigenvalue weighted by Crippen LogP contribution is 2.19. The first-order valence-corrected chi connectivity index (χ1v) is 10.1. The Morgan fingerprint density at radius 3 is 2.62 bits per heavy atom. The van der Waals surface area contributed by atoms with Crippen LogP contribution >= 0.6 is 0 Å². The minimum Gasteiger partial charge on any atom is -0.467 e. The quantitative estimate of drug-likeness (QED) is 0.751. The molecule has 0 aliphatic carbocycles. The van der Waals surface area contributed by atoms with Crippen molar-refractivity contribution in [1.29, 1.82) is 0 Å². The number of nitrogens with one attached hydrogen (secondary N) is 1. The van der Waals surface area contributed by atoms with Gasteiger partial charge in [0, 0.05) is 32.7 Å². The fourth-order valence-corrected chi connectivity index (χ4v) is 3.90. The van der Waals surface area contributed by atoms with Crippen LogP contribution in [0.4, 0.5) is 0 Å². The maximum atomic E-state index is 12.7. The Balaban J connectivity index is 1.42. The smallest absolute Gasteiger partial charge is 0.257 e. The monoisotopic (exact) mass is 362 g/mol. The molecular formula is C20H34N4O2. The minimum absolute atomic E-state index is 0.106. The van der Waals surface area contributed by atoms with Gasteiger partial charge in [-0.1, -0.05) is 6.92 Å². The summed E-state index contributed by atoms with van der Waals surface area (Å²) in [6, 6.07) is 1.88. The van der Waals surface area contributed by atoms with Crippen molar-refractivity contribution in [3.63, 3.8) is 0 Å². The number of furan rings is 1. The minimum atomic E-state index is 0.106. The molecule has 0 radical (unpaired) electrons. The van der Waals surface area contributed by atoms with E-state index in [0.717, 1.165) is 50.8 Å². The van der Waals surface area contributed by atoms with Crippen molar-refractivity contribution >= 4 is 5.91 Å². The van der Waals surface area contributed by atoms with E-state index in [1.807, 2.05) is 11.0 Å². The molecule has 0 spiro atoms. The molecule has 6 heteroatoms. The second-order valence-corrected chi connectivity index (χ2v) is 7.82. The largest absolute Gasteiger partial charge is 0.467 e. The Labute approximate surface area is 157 Å². The summed E-state index contributed by atoms with van der Waals surface area (Å²) in [4.78, 5) is 19.6. The normalized spacial score (nSPS) is 20.6. The molecule has 146 valence electrons. The summed E-state index contributed by atoms with van der Waals surface area (Å²) >= 11 is 0. The molecule has 1 amide bonds. The molecule has 1 aromatic rings. The Bertz CT molecular complexity index is 558. The SMILES string of the molecule is CCCNCc1cc(C(=O)N2CCN(CC3CCN(C)CC3)CC2)co1. The van der Waals surface area contributed by atoms with E-state index >= 15 is 0 Å². The van der Waals surface area contributed by atoms with E-state index in [0.29, 0.717) is 12.1 Å². The van der Waals surface area contributed by atoms with Gasteiger partial charge in [-0.25, -0.2) is 0 Å².